The third-order valence-electron chi connectivity index (χ3n) is 3.80. The zero-order chi connectivity index (χ0) is 14.0. The van der Waals surface area contributed by atoms with E-state index >= 15 is 0 Å². The van der Waals surface area contributed by atoms with E-state index in [0.29, 0.717) is 0 Å². The Labute approximate surface area is 142 Å². The summed E-state index contributed by atoms with van der Waals surface area (Å²) in [4.78, 5) is 0. The summed E-state index contributed by atoms with van der Waals surface area (Å²) in [7, 11) is 0. The molecule has 1 radical (unpaired) electrons. The van der Waals surface area contributed by atoms with Crippen LogP contribution in [0.3, 0.4) is 0 Å². The van der Waals surface area contributed by atoms with E-state index in [2.05, 4.69) is 28.2 Å². The zero-order valence-electron chi connectivity index (χ0n) is 11.1. The molecule has 0 unspecified atom stereocenters. The molecule has 109 valence electrons. The predicted octanol–water partition coefficient (Wildman–Crippen LogP) is 3.78. The first-order valence-corrected chi connectivity index (χ1v) is 7.46. The normalized spacial score (nSPS) is 11.5. The molecule has 0 atom stereocenters. The van der Waals surface area contributed by atoms with Crippen LogP contribution in [-0.2, 0) is 20.1 Å². The summed E-state index contributed by atoms with van der Waals surface area (Å²) in [6.45, 7) is 0. The van der Waals surface area contributed by atoms with Gasteiger partial charge in [0.1, 0.15) is 0 Å². The van der Waals surface area contributed by atoms with Crippen LogP contribution in [0.2, 0.25) is 0 Å². The van der Waals surface area contributed by atoms with E-state index in [4.69, 9.17) is 0 Å². The minimum Gasteiger partial charge on any atom is -0.284 e. The molecule has 0 aliphatic carbocycles. The van der Waals surface area contributed by atoms with Gasteiger partial charge in [0, 0.05) is 41.7 Å². The molecule has 2 nitrogen and oxygen atoms in total. The Kier molecular flexibility index (Phi) is 3.05. The summed E-state index contributed by atoms with van der Waals surface area (Å²) in [5.41, 5.74) is 2.97. The topological polar surface area (TPSA) is 8.51 Å². The fraction of sp³-hybridized carbons (Fsp3) is 0. The molecule has 0 saturated heterocycles. The van der Waals surface area contributed by atoms with E-state index in [0.717, 1.165) is 32.0 Å². The van der Waals surface area contributed by atoms with E-state index in [1.54, 1.807) is 17.4 Å². The molecule has 5 heteroatoms. The first-order chi connectivity index (χ1) is 10.3. The molecule has 5 rings (SSSR count). The van der Waals surface area contributed by atoms with E-state index < -0.39 is 0 Å². The van der Waals surface area contributed by atoms with Crippen molar-refractivity contribution >= 4 is 43.4 Å². The van der Waals surface area contributed by atoms with Gasteiger partial charge < -0.3 is 0 Å². The van der Waals surface area contributed by atoms with Gasteiger partial charge in [-0.25, -0.2) is 4.52 Å². The van der Waals surface area contributed by atoms with E-state index in [9.17, 15) is 4.39 Å². The molecule has 0 aliphatic rings. The number of para-hydroxylation sites is 1. The molecular formula is C17H8FIrN2S-. The third-order valence-corrected chi connectivity index (χ3v) is 4.61. The Morgan fingerprint density at radius 2 is 1.95 bits per heavy atom. The maximum absolute atomic E-state index is 13.7. The average Bonchev–Trinajstić information content (AvgIpc) is 3.08. The molecule has 0 fully saturated rings. The Morgan fingerprint density at radius 3 is 2.86 bits per heavy atom. The molecule has 0 aliphatic heterocycles. The number of thiophene rings is 1. The van der Waals surface area contributed by atoms with Crippen LogP contribution in [-0.4, -0.2) is 4.52 Å². The van der Waals surface area contributed by atoms with E-state index in [1.807, 2.05) is 28.8 Å². The van der Waals surface area contributed by atoms with Crippen LogP contribution in [0.1, 0.15) is 0 Å². The standard InChI is InChI=1S/C17H8FN2S.Ir/c18-11-5-6-14-13(9-11)12-3-1-2-4-15(12)20-16-7-8-21-17(16)10-19(14)20;/h1-5,7-9H;/q-1;. The number of halogens is 1. The van der Waals surface area contributed by atoms with Gasteiger partial charge in [-0.2, -0.15) is 21.9 Å². The number of aromatic nitrogens is 2. The van der Waals surface area contributed by atoms with Crippen LogP contribution >= 0.6 is 11.3 Å². The zero-order valence-corrected chi connectivity index (χ0v) is 14.3. The van der Waals surface area contributed by atoms with Crippen molar-refractivity contribution in [1.82, 2.24) is 4.52 Å². The van der Waals surface area contributed by atoms with Gasteiger partial charge in [0.05, 0.1) is 5.52 Å². The van der Waals surface area contributed by atoms with Crippen LogP contribution in [0.25, 0.3) is 32.0 Å². The number of nitrogens with zero attached hydrogens (tertiary/aromatic N) is 2. The van der Waals surface area contributed by atoms with Gasteiger partial charge in [0.2, 0.25) is 0 Å². The minimum absolute atomic E-state index is 0. The molecule has 0 amide bonds. The van der Waals surface area contributed by atoms with Crippen molar-refractivity contribution in [3.05, 3.63) is 65.9 Å². The minimum atomic E-state index is -0.272. The van der Waals surface area contributed by atoms with Crippen LogP contribution in [0.4, 0.5) is 4.39 Å². The average molecular weight is 484 g/mol. The van der Waals surface area contributed by atoms with Crippen LogP contribution in [0.5, 0.6) is 0 Å². The molecule has 2 aromatic carbocycles. The van der Waals surface area contributed by atoms with Gasteiger partial charge in [-0.1, -0.05) is 29.7 Å². The number of hydrogen-bond donors (Lipinski definition) is 0. The molecule has 3 aromatic heterocycles. The molecule has 0 saturated carbocycles. The quantitative estimate of drug-likeness (QED) is 0.180. The first kappa shape index (κ1) is 13.8. The van der Waals surface area contributed by atoms with Crippen molar-refractivity contribution in [3.63, 3.8) is 0 Å². The largest absolute Gasteiger partial charge is 0.284 e. The van der Waals surface area contributed by atoms with Gasteiger partial charge in [-0.3, -0.25) is 4.39 Å². The molecule has 5 aromatic rings. The fourth-order valence-electron chi connectivity index (χ4n) is 2.93. The predicted molar refractivity (Wildman–Crippen MR) is 81.1 cm³/mol. The van der Waals surface area contributed by atoms with Crippen molar-refractivity contribution in [2.45, 2.75) is 0 Å². The SMILES string of the molecule is Fc1c[c-]c2c(c1)c1ccccc1n1c3ccsc3[c-][n+]21.[Ir]. The van der Waals surface area contributed by atoms with Crippen LogP contribution in [0.15, 0.2) is 47.8 Å². The van der Waals surface area contributed by atoms with E-state index in [1.165, 1.54) is 6.07 Å². The second kappa shape index (κ2) is 4.85. The summed E-state index contributed by atoms with van der Waals surface area (Å²) in [5.74, 6) is -0.272. The Hall–Kier alpha value is -1.81. The number of benzene rings is 2. The van der Waals surface area contributed by atoms with E-state index in [-0.39, 0.29) is 25.9 Å². The van der Waals surface area contributed by atoms with Gasteiger partial charge in [0.25, 0.3) is 0 Å². The van der Waals surface area contributed by atoms with Gasteiger partial charge >= 0.3 is 0 Å². The van der Waals surface area contributed by atoms with Gasteiger partial charge in [0.15, 0.2) is 6.20 Å². The number of fused-ring (bicyclic) bond motifs is 8. The summed E-state index contributed by atoms with van der Waals surface area (Å²) < 4.78 is 18.8. The molecule has 22 heavy (non-hydrogen) atoms. The number of hydrogen-bond acceptors (Lipinski definition) is 1. The molecule has 0 bridgehead atoms. The van der Waals surface area contributed by atoms with Gasteiger partial charge in [-0.15, -0.1) is 17.5 Å². The van der Waals surface area contributed by atoms with Crippen molar-refractivity contribution in [2.75, 3.05) is 0 Å². The summed E-state index contributed by atoms with van der Waals surface area (Å²) in [6, 6.07) is 16.1. The summed E-state index contributed by atoms with van der Waals surface area (Å²) in [5, 5.41) is 3.92. The Morgan fingerprint density at radius 1 is 1.09 bits per heavy atom. The fourth-order valence-corrected chi connectivity index (χ4v) is 3.68. The molecule has 3 heterocycles. The Bertz CT molecular complexity index is 1140. The van der Waals surface area contributed by atoms with Crippen LogP contribution in [0, 0.1) is 18.1 Å². The first-order valence-electron chi connectivity index (χ1n) is 6.58. The van der Waals surface area contributed by atoms with Crippen molar-refractivity contribution < 1.29 is 29.0 Å². The summed E-state index contributed by atoms with van der Waals surface area (Å²) in [6.07, 6.45) is 3.36. The van der Waals surface area contributed by atoms with Crippen molar-refractivity contribution in [3.8, 4) is 0 Å². The van der Waals surface area contributed by atoms with Crippen molar-refractivity contribution in [1.29, 1.82) is 0 Å². The van der Waals surface area contributed by atoms with Crippen LogP contribution < -0.4 is 4.52 Å². The molecular weight excluding hydrogens is 475 g/mol. The third kappa shape index (κ3) is 1.70. The Balaban J connectivity index is 0.00000125. The monoisotopic (exact) mass is 484 g/mol. The smallest absolute Gasteiger partial charge is 0.163 e. The second-order valence-corrected chi connectivity index (χ2v) is 5.88. The van der Waals surface area contributed by atoms with Crippen molar-refractivity contribution in [2.24, 2.45) is 0 Å². The molecule has 0 N–H and O–H groups in total. The maximum atomic E-state index is 13.7. The number of rotatable bonds is 0. The van der Waals surface area contributed by atoms with Gasteiger partial charge in [-0.05, 0) is 11.4 Å². The maximum Gasteiger partial charge on any atom is 0.163 e. The second-order valence-electron chi connectivity index (χ2n) is 4.97. The summed E-state index contributed by atoms with van der Waals surface area (Å²) >= 11 is 1.65. The molecule has 0 spiro atoms.